The molecule has 1 aliphatic rings. The highest BCUT2D eigenvalue weighted by atomic mass is 16.6. The summed E-state index contributed by atoms with van der Waals surface area (Å²) in [4.78, 5) is 22.8. The molecule has 0 aromatic rings. The number of ether oxygens (including phenoxy) is 2. The van der Waals surface area contributed by atoms with Gasteiger partial charge in [0.1, 0.15) is 6.61 Å². The van der Waals surface area contributed by atoms with Crippen molar-refractivity contribution in [3.8, 4) is 0 Å². The maximum atomic E-state index is 10.9. The Balaban J connectivity index is 2.19. The number of hydrogen-bond acceptors (Lipinski definition) is 4. The Morgan fingerprint density at radius 1 is 1.53 bits per heavy atom. The van der Waals surface area contributed by atoms with Crippen LogP contribution in [0.3, 0.4) is 0 Å². The molecular formula is C9H15NO5. The largest absolute Gasteiger partial charge is 0.465 e. The van der Waals surface area contributed by atoms with Crippen LogP contribution in [-0.2, 0) is 14.3 Å². The van der Waals surface area contributed by atoms with Crippen LogP contribution < -0.4 is 0 Å². The summed E-state index contributed by atoms with van der Waals surface area (Å²) in [6, 6.07) is 0. The van der Waals surface area contributed by atoms with Gasteiger partial charge in [-0.05, 0) is 13.3 Å². The number of esters is 1. The number of nitrogens with zero attached hydrogens (tertiary/aromatic N) is 1. The van der Waals surface area contributed by atoms with Crippen molar-refractivity contribution in [1.29, 1.82) is 0 Å². The van der Waals surface area contributed by atoms with E-state index in [0.29, 0.717) is 26.1 Å². The molecule has 0 saturated carbocycles. The van der Waals surface area contributed by atoms with Crippen LogP contribution in [0.4, 0.5) is 4.79 Å². The molecule has 1 amide bonds. The third-order valence-corrected chi connectivity index (χ3v) is 2.16. The summed E-state index contributed by atoms with van der Waals surface area (Å²) in [5.74, 6) is -0.411. The maximum absolute atomic E-state index is 10.9. The molecule has 1 saturated heterocycles. The maximum Gasteiger partial charge on any atom is 0.407 e. The second-order valence-corrected chi connectivity index (χ2v) is 3.26. The van der Waals surface area contributed by atoms with Crippen molar-refractivity contribution in [2.45, 2.75) is 19.4 Å². The summed E-state index contributed by atoms with van der Waals surface area (Å²) in [6.07, 6.45) is -0.506. The summed E-state index contributed by atoms with van der Waals surface area (Å²) in [5, 5.41) is 8.67. The lowest BCUT2D eigenvalue weighted by Crippen LogP contribution is -2.29. The van der Waals surface area contributed by atoms with Gasteiger partial charge in [0.25, 0.3) is 0 Å². The highest BCUT2D eigenvalue weighted by Gasteiger charge is 2.26. The molecule has 0 radical (unpaired) electrons. The molecule has 1 heterocycles. The fourth-order valence-electron chi connectivity index (χ4n) is 1.43. The van der Waals surface area contributed by atoms with Crippen LogP contribution in [0.1, 0.15) is 13.3 Å². The third kappa shape index (κ3) is 3.75. The van der Waals surface area contributed by atoms with Crippen molar-refractivity contribution < 1.29 is 24.2 Å². The van der Waals surface area contributed by atoms with Crippen LogP contribution in [0.5, 0.6) is 0 Å². The van der Waals surface area contributed by atoms with Gasteiger partial charge >= 0.3 is 12.1 Å². The number of rotatable bonds is 4. The molecule has 1 atom stereocenters. The van der Waals surface area contributed by atoms with Crippen LogP contribution >= 0.6 is 0 Å². The Bertz CT molecular complexity index is 243. The van der Waals surface area contributed by atoms with Crippen LogP contribution in [0.2, 0.25) is 0 Å². The lowest BCUT2D eigenvalue weighted by atomic mass is 10.3. The number of carbonyl (C=O) groups excluding carboxylic acids is 1. The molecule has 0 aromatic heterocycles. The van der Waals surface area contributed by atoms with E-state index in [1.807, 2.05) is 0 Å². The fourth-order valence-corrected chi connectivity index (χ4v) is 1.43. The predicted octanol–water partition coefficient (Wildman–Crippen LogP) is 0.318. The zero-order valence-electron chi connectivity index (χ0n) is 8.64. The van der Waals surface area contributed by atoms with E-state index in [-0.39, 0.29) is 12.7 Å². The molecule has 86 valence electrons. The SMILES string of the molecule is CCOC(=O)CO[C@H]1CCN(C(=O)O)C1. The Kier molecular flexibility index (Phi) is 4.36. The summed E-state index contributed by atoms with van der Waals surface area (Å²) in [5.41, 5.74) is 0. The standard InChI is InChI=1S/C9H15NO5/c1-2-14-8(11)6-15-7-3-4-10(5-7)9(12)13/h7H,2-6H2,1H3,(H,12,13)/t7-/m0/s1. The average Bonchev–Trinajstić information content (AvgIpc) is 2.63. The molecule has 6 nitrogen and oxygen atoms in total. The van der Waals surface area contributed by atoms with E-state index in [1.54, 1.807) is 6.92 Å². The van der Waals surface area contributed by atoms with Gasteiger partial charge in [0, 0.05) is 6.54 Å². The molecule has 0 aliphatic carbocycles. The number of amides is 1. The quantitative estimate of drug-likeness (QED) is 0.686. The Morgan fingerprint density at radius 2 is 2.27 bits per heavy atom. The normalized spacial score (nSPS) is 20.3. The number of hydrogen-bond donors (Lipinski definition) is 1. The van der Waals surface area contributed by atoms with Gasteiger partial charge in [-0.15, -0.1) is 0 Å². The average molecular weight is 217 g/mol. The molecule has 0 bridgehead atoms. The third-order valence-electron chi connectivity index (χ3n) is 2.16. The minimum absolute atomic E-state index is 0.105. The van der Waals surface area contributed by atoms with Gasteiger partial charge in [-0.3, -0.25) is 0 Å². The number of likely N-dealkylation sites (tertiary alicyclic amines) is 1. The Hall–Kier alpha value is -1.30. The first-order valence-electron chi connectivity index (χ1n) is 4.88. The van der Waals surface area contributed by atoms with E-state index in [0.717, 1.165) is 0 Å². The minimum Gasteiger partial charge on any atom is -0.465 e. The van der Waals surface area contributed by atoms with E-state index in [9.17, 15) is 9.59 Å². The zero-order valence-corrected chi connectivity index (χ0v) is 8.64. The molecule has 1 aliphatic heterocycles. The molecule has 15 heavy (non-hydrogen) atoms. The fraction of sp³-hybridized carbons (Fsp3) is 0.778. The van der Waals surface area contributed by atoms with Crippen molar-refractivity contribution in [3.63, 3.8) is 0 Å². The van der Waals surface area contributed by atoms with Gasteiger partial charge in [-0.2, -0.15) is 0 Å². The molecular weight excluding hydrogens is 202 g/mol. The van der Waals surface area contributed by atoms with E-state index in [2.05, 4.69) is 4.74 Å². The second-order valence-electron chi connectivity index (χ2n) is 3.26. The highest BCUT2D eigenvalue weighted by Crippen LogP contribution is 2.12. The molecule has 0 aromatic carbocycles. The van der Waals surface area contributed by atoms with Crippen LogP contribution in [0, 0.1) is 0 Å². The van der Waals surface area contributed by atoms with Crippen molar-refractivity contribution in [2.75, 3.05) is 26.3 Å². The first-order chi connectivity index (χ1) is 7.13. The summed E-state index contributed by atoms with van der Waals surface area (Å²) < 4.78 is 9.90. The van der Waals surface area contributed by atoms with Gasteiger partial charge in [-0.1, -0.05) is 0 Å². The van der Waals surface area contributed by atoms with Crippen molar-refractivity contribution in [3.05, 3.63) is 0 Å². The highest BCUT2D eigenvalue weighted by molar-refractivity contribution is 5.70. The lowest BCUT2D eigenvalue weighted by molar-refractivity contribution is -0.150. The van der Waals surface area contributed by atoms with E-state index < -0.39 is 12.1 Å². The molecule has 1 N–H and O–H groups in total. The van der Waals surface area contributed by atoms with Crippen LogP contribution in [0.25, 0.3) is 0 Å². The second kappa shape index (κ2) is 5.55. The zero-order chi connectivity index (χ0) is 11.3. The van der Waals surface area contributed by atoms with Gasteiger partial charge < -0.3 is 19.5 Å². The van der Waals surface area contributed by atoms with E-state index >= 15 is 0 Å². The molecule has 0 unspecified atom stereocenters. The van der Waals surface area contributed by atoms with Crippen LogP contribution in [-0.4, -0.2) is 54.5 Å². The molecule has 0 spiro atoms. The van der Waals surface area contributed by atoms with Crippen molar-refractivity contribution >= 4 is 12.1 Å². The topological polar surface area (TPSA) is 76.1 Å². The van der Waals surface area contributed by atoms with Gasteiger partial charge in [0.15, 0.2) is 0 Å². The Morgan fingerprint density at radius 3 is 2.80 bits per heavy atom. The summed E-state index contributed by atoms with van der Waals surface area (Å²) >= 11 is 0. The minimum atomic E-state index is -0.947. The smallest absolute Gasteiger partial charge is 0.407 e. The van der Waals surface area contributed by atoms with E-state index in [1.165, 1.54) is 4.90 Å². The summed E-state index contributed by atoms with van der Waals surface area (Å²) in [7, 11) is 0. The van der Waals surface area contributed by atoms with Crippen molar-refractivity contribution in [2.24, 2.45) is 0 Å². The first-order valence-corrected chi connectivity index (χ1v) is 4.88. The van der Waals surface area contributed by atoms with Crippen molar-refractivity contribution in [1.82, 2.24) is 4.90 Å². The summed E-state index contributed by atoms with van der Waals surface area (Å²) in [6.45, 7) is 2.73. The monoisotopic (exact) mass is 217 g/mol. The lowest BCUT2D eigenvalue weighted by Gasteiger charge is -2.12. The predicted molar refractivity (Wildman–Crippen MR) is 50.6 cm³/mol. The number of carbonyl (C=O) groups is 2. The van der Waals surface area contributed by atoms with Gasteiger partial charge in [0.05, 0.1) is 19.3 Å². The van der Waals surface area contributed by atoms with Gasteiger partial charge in [0.2, 0.25) is 0 Å². The Labute approximate surface area is 87.8 Å². The molecule has 1 rings (SSSR count). The number of carboxylic acid groups (broad SMARTS) is 1. The molecule has 6 heteroatoms. The van der Waals surface area contributed by atoms with Crippen LogP contribution in [0.15, 0.2) is 0 Å². The molecule has 1 fully saturated rings. The first kappa shape index (κ1) is 11.8. The van der Waals surface area contributed by atoms with Gasteiger partial charge in [-0.25, -0.2) is 9.59 Å². The van der Waals surface area contributed by atoms with E-state index in [4.69, 9.17) is 9.84 Å².